The standard InChI is InChI=1S/C28H20Cl2O4/c29-24-11-16-10-23(28(34)25(30)12-16)22-9-15(2-8-26(22)32)1-3-17-13-19(31)5-7-20(17)21-6-4-18(24)14-27(21)33/h2,4-14,31-34H,1,3H2. The third kappa shape index (κ3) is 4.07. The molecule has 0 saturated carbocycles. The van der Waals surface area contributed by atoms with Gasteiger partial charge in [-0.2, -0.15) is 0 Å². The van der Waals surface area contributed by atoms with Gasteiger partial charge in [0.15, 0.2) is 0 Å². The smallest absolute Gasteiger partial charge is 0.142 e. The van der Waals surface area contributed by atoms with Gasteiger partial charge in [0.05, 0.1) is 5.02 Å². The number of hydrogen-bond acceptors (Lipinski definition) is 4. The molecule has 2 aliphatic carbocycles. The zero-order valence-corrected chi connectivity index (χ0v) is 19.4. The molecule has 0 fully saturated rings. The Morgan fingerprint density at radius 3 is 2.21 bits per heavy atom. The van der Waals surface area contributed by atoms with Crippen LogP contribution < -0.4 is 0 Å². The van der Waals surface area contributed by atoms with Gasteiger partial charge in [-0.05, 0) is 89.2 Å². The van der Waals surface area contributed by atoms with Crippen LogP contribution in [0.25, 0.3) is 33.4 Å². The highest BCUT2D eigenvalue weighted by Crippen LogP contribution is 2.42. The zero-order chi connectivity index (χ0) is 24.0. The van der Waals surface area contributed by atoms with Gasteiger partial charge in [0.1, 0.15) is 23.0 Å². The van der Waals surface area contributed by atoms with Gasteiger partial charge in [-0.1, -0.05) is 47.5 Å². The summed E-state index contributed by atoms with van der Waals surface area (Å²) in [5.74, 6) is 0.0829. The van der Waals surface area contributed by atoms with Crippen LogP contribution in [0.5, 0.6) is 23.0 Å². The Morgan fingerprint density at radius 1 is 0.618 bits per heavy atom. The number of benzene rings is 4. The molecule has 0 atom stereocenters. The van der Waals surface area contributed by atoms with Gasteiger partial charge in [0.2, 0.25) is 0 Å². The van der Waals surface area contributed by atoms with E-state index in [0.29, 0.717) is 45.7 Å². The third-order valence-electron chi connectivity index (χ3n) is 6.07. The second-order valence-electron chi connectivity index (χ2n) is 8.32. The van der Waals surface area contributed by atoms with Crippen LogP contribution in [0.4, 0.5) is 0 Å². The lowest BCUT2D eigenvalue weighted by Crippen LogP contribution is -1.96. The van der Waals surface area contributed by atoms with Crippen molar-refractivity contribution in [3.8, 4) is 45.3 Å². The van der Waals surface area contributed by atoms with E-state index in [-0.39, 0.29) is 28.0 Å². The maximum Gasteiger partial charge on any atom is 0.142 e. The van der Waals surface area contributed by atoms with Crippen molar-refractivity contribution in [2.24, 2.45) is 0 Å². The van der Waals surface area contributed by atoms with Gasteiger partial charge >= 0.3 is 0 Å². The van der Waals surface area contributed by atoms with Gasteiger partial charge in [-0.3, -0.25) is 0 Å². The molecule has 6 rings (SSSR count). The van der Waals surface area contributed by atoms with Crippen LogP contribution in [0.2, 0.25) is 5.02 Å². The second kappa shape index (κ2) is 8.64. The molecular weight excluding hydrogens is 471 g/mol. The van der Waals surface area contributed by atoms with Crippen molar-refractivity contribution in [1.82, 2.24) is 0 Å². The predicted octanol–water partition coefficient (Wildman–Crippen LogP) is 7.33. The summed E-state index contributed by atoms with van der Waals surface area (Å²) in [7, 11) is 0. The number of aryl methyl sites for hydroxylation is 2. The van der Waals surface area contributed by atoms with E-state index in [1.54, 1.807) is 54.6 Å². The fourth-order valence-electron chi connectivity index (χ4n) is 4.33. The molecule has 0 aromatic heterocycles. The minimum Gasteiger partial charge on any atom is -0.508 e. The number of hydrogen-bond donors (Lipinski definition) is 4. The fourth-order valence-corrected chi connectivity index (χ4v) is 4.80. The maximum atomic E-state index is 10.8. The molecule has 34 heavy (non-hydrogen) atoms. The van der Waals surface area contributed by atoms with Crippen molar-refractivity contribution >= 4 is 34.3 Å². The first kappa shape index (κ1) is 22.2. The van der Waals surface area contributed by atoms with Crippen molar-refractivity contribution < 1.29 is 20.4 Å². The Bertz CT molecular complexity index is 1470. The number of phenolic OH excluding ortho intramolecular Hbond substituents is 4. The number of halogens is 2. The van der Waals surface area contributed by atoms with E-state index in [2.05, 4.69) is 0 Å². The van der Waals surface area contributed by atoms with Crippen molar-refractivity contribution in [2.45, 2.75) is 12.8 Å². The number of aromatic hydroxyl groups is 4. The van der Waals surface area contributed by atoms with Crippen LogP contribution in [0.15, 0.2) is 66.7 Å². The molecule has 0 aliphatic heterocycles. The molecule has 0 spiro atoms. The monoisotopic (exact) mass is 490 g/mol. The summed E-state index contributed by atoms with van der Waals surface area (Å²) < 4.78 is 0. The molecule has 0 heterocycles. The lowest BCUT2D eigenvalue weighted by molar-refractivity contribution is 0.469. The molecule has 0 radical (unpaired) electrons. The van der Waals surface area contributed by atoms with E-state index in [0.717, 1.165) is 16.7 Å². The van der Waals surface area contributed by atoms with E-state index >= 15 is 0 Å². The number of fused-ring (bicyclic) bond motifs is 3. The molecule has 0 saturated heterocycles. The van der Waals surface area contributed by atoms with Crippen LogP contribution in [0, 0.1) is 0 Å². The van der Waals surface area contributed by atoms with Crippen molar-refractivity contribution in [1.29, 1.82) is 0 Å². The summed E-state index contributed by atoms with van der Waals surface area (Å²) >= 11 is 12.9. The summed E-state index contributed by atoms with van der Waals surface area (Å²) in [6.45, 7) is 0. The zero-order valence-electron chi connectivity index (χ0n) is 17.9. The van der Waals surface area contributed by atoms with Gasteiger partial charge < -0.3 is 20.4 Å². The van der Waals surface area contributed by atoms with Crippen LogP contribution in [0.1, 0.15) is 22.3 Å². The van der Waals surface area contributed by atoms with Crippen LogP contribution in [-0.4, -0.2) is 20.4 Å². The molecule has 6 bridgehead atoms. The molecule has 4 N–H and O–H groups in total. The van der Waals surface area contributed by atoms with Crippen LogP contribution >= 0.6 is 23.2 Å². The molecule has 0 amide bonds. The second-order valence-corrected chi connectivity index (χ2v) is 9.13. The molecule has 6 heteroatoms. The first-order chi connectivity index (χ1) is 16.3. The van der Waals surface area contributed by atoms with Gasteiger partial charge in [-0.25, -0.2) is 0 Å². The molecule has 4 nitrogen and oxygen atoms in total. The van der Waals surface area contributed by atoms with Crippen LogP contribution in [0.3, 0.4) is 0 Å². The van der Waals surface area contributed by atoms with E-state index in [1.807, 2.05) is 18.2 Å². The van der Waals surface area contributed by atoms with Crippen LogP contribution in [-0.2, 0) is 12.8 Å². The first-order valence-corrected chi connectivity index (χ1v) is 11.4. The van der Waals surface area contributed by atoms with E-state index < -0.39 is 0 Å². The highest BCUT2D eigenvalue weighted by Gasteiger charge is 2.17. The van der Waals surface area contributed by atoms with E-state index in [9.17, 15) is 20.4 Å². The normalized spacial score (nSPS) is 12.8. The Kier molecular flexibility index (Phi) is 5.64. The fraction of sp³-hybridized carbons (Fsp3) is 0.0714. The Labute approximate surface area is 206 Å². The van der Waals surface area contributed by atoms with Crippen molar-refractivity contribution in [2.75, 3.05) is 0 Å². The molecule has 0 unspecified atom stereocenters. The SMILES string of the molecule is Oc1ccc2c(c1)CCc1ccc(O)c(c1)-c1cc(cc(Cl)c1O)C=C(Cl)c1ccc-2c(O)c1. The minimum absolute atomic E-state index is 0.0151. The lowest BCUT2D eigenvalue weighted by atomic mass is 9.92. The number of rotatable bonds is 0. The van der Waals surface area contributed by atoms with E-state index in [1.165, 1.54) is 0 Å². The largest absolute Gasteiger partial charge is 0.508 e. The molecular formula is C28H20Cl2O4. The van der Waals surface area contributed by atoms with Crippen molar-refractivity contribution in [3.05, 3.63) is 94.0 Å². The Hall–Kier alpha value is -3.60. The third-order valence-corrected chi connectivity index (χ3v) is 6.68. The van der Waals surface area contributed by atoms with Gasteiger partial charge in [0, 0.05) is 21.7 Å². The maximum absolute atomic E-state index is 10.8. The highest BCUT2D eigenvalue weighted by atomic mass is 35.5. The average molecular weight is 491 g/mol. The molecule has 4 aromatic rings. The Morgan fingerprint density at radius 2 is 1.41 bits per heavy atom. The van der Waals surface area contributed by atoms with Gasteiger partial charge in [0.25, 0.3) is 0 Å². The highest BCUT2D eigenvalue weighted by molar-refractivity contribution is 6.51. The number of phenols is 4. The average Bonchev–Trinajstić information content (AvgIpc) is 2.80. The summed E-state index contributed by atoms with van der Waals surface area (Å²) in [5.41, 5.74) is 5.29. The molecule has 4 aromatic carbocycles. The Balaban J connectivity index is 1.78. The molecule has 2 aliphatic rings. The first-order valence-electron chi connectivity index (χ1n) is 10.7. The quantitative estimate of drug-likeness (QED) is 0.208. The summed E-state index contributed by atoms with van der Waals surface area (Å²) in [4.78, 5) is 0. The van der Waals surface area contributed by atoms with Gasteiger partial charge in [-0.15, -0.1) is 0 Å². The lowest BCUT2D eigenvalue weighted by Gasteiger charge is -2.15. The predicted molar refractivity (Wildman–Crippen MR) is 137 cm³/mol. The summed E-state index contributed by atoms with van der Waals surface area (Å²) in [6, 6.07) is 18.8. The summed E-state index contributed by atoms with van der Waals surface area (Å²) in [5, 5.41) is 42.7. The van der Waals surface area contributed by atoms with E-state index in [4.69, 9.17) is 23.2 Å². The molecule has 170 valence electrons. The summed E-state index contributed by atoms with van der Waals surface area (Å²) in [6.07, 6.45) is 2.86. The minimum atomic E-state index is -0.138. The van der Waals surface area contributed by atoms with Crippen molar-refractivity contribution in [3.63, 3.8) is 0 Å². The topological polar surface area (TPSA) is 80.9 Å².